The van der Waals surface area contributed by atoms with E-state index in [1.807, 2.05) is 16.8 Å². The minimum atomic E-state index is -4.49. The van der Waals surface area contributed by atoms with Gasteiger partial charge < -0.3 is 4.90 Å². The number of thiophene rings is 1. The first kappa shape index (κ1) is 18.1. The number of carbonyl (C=O) groups excluding carboxylic acids is 1. The van der Waals surface area contributed by atoms with E-state index in [1.54, 1.807) is 24.4 Å². The lowest BCUT2D eigenvalue weighted by molar-refractivity contribution is -0.137. The largest absolute Gasteiger partial charge is 0.416 e. The Labute approximate surface area is 152 Å². The van der Waals surface area contributed by atoms with Crippen LogP contribution in [0.25, 0.3) is 0 Å². The summed E-state index contributed by atoms with van der Waals surface area (Å²) in [6.45, 7) is 0.515. The Bertz CT molecular complexity index is 864. The van der Waals surface area contributed by atoms with Crippen LogP contribution < -0.4 is 0 Å². The maximum atomic E-state index is 13.0. The fourth-order valence-electron chi connectivity index (χ4n) is 2.50. The molecule has 0 saturated heterocycles. The Hall–Kier alpha value is -2.67. The summed E-state index contributed by atoms with van der Waals surface area (Å²) < 4.78 is 38.9. The van der Waals surface area contributed by atoms with Gasteiger partial charge in [-0.3, -0.25) is 9.78 Å². The minimum Gasteiger partial charge on any atom is -0.328 e. The molecule has 2 aromatic heterocycles. The van der Waals surface area contributed by atoms with Crippen LogP contribution in [0, 0.1) is 0 Å². The number of benzene rings is 1. The number of aromatic nitrogens is 1. The molecule has 3 nitrogen and oxygen atoms in total. The van der Waals surface area contributed by atoms with E-state index < -0.39 is 17.6 Å². The van der Waals surface area contributed by atoms with Crippen molar-refractivity contribution in [2.24, 2.45) is 0 Å². The number of halogens is 3. The second-order valence-electron chi connectivity index (χ2n) is 5.69. The molecule has 1 aromatic carbocycles. The second kappa shape index (κ2) is 7.70. The third-order valence-electron chi connectivity index (χ3n) is 3.76. The Morgan fingerprint density at radius 3 is 2.58 bits per heavy atom. The highest BCUT2D eigenvalue weighted by Crippen LogP contribution is 2.30. The lowest BCUT2D eigenvalue weighted by Gasteiger charge is -2.22. The summed E-state index contributed by atoms with van der Waals surface area (Å²) in [5.41, 5.74) is 0.761. The number of alkyl halides is 3. The van der Waals surface area contributed by atoms with Gasteiger partial charge in [-0.1, -0.05) is 12.1 Å². The molecule has 0 radical (unpaired) electrons. The molecule has 7 heteroatoms. The zero-order chi connectivity index (χ0) is 18.6. The molecule has 0 aliphatic carbocycles. The van der Waals surface area contributed by atoms with Gasteiger partial charge in [0.15, 0.2) is 0 Å². The van der Waals surface area contributed by atoms with Gasteiger partial charge in [0.1, 0.15) is 0 Å². The molecule has 26 heavy (non-hydrogen) atoms. The van der Waals surface area contributed by atoms with Gasteiger partial charge >= 0.3 is 6.18 Å². The van der Waals surface area contributed by atoms with E-state index in [-0.39, 0.29) is 12.1 Å². The molecular formula is C19H15F3N2OS. The summed E-state index contributed by atoms with van der Waals surface area (Å²) in [5.74, 6) is -0.465. The zero-order valence-electron chi connectivity index (χ0n) is 13.6. The predicted octanol–water partition coefficient (Wildman–Crippen LogP) is 5.00. The molecule has 3 aromatic rings. The van der Waals surface area contributed by atoms with E-state index in [9.17, 15) is 18.0 Å². The predicted molar refractivity (Wildman–Crippen MR) is 93.6 cm³/mol. The van der Waals surface area contributed by atoms with E-state index in [0.717, 1.165) is 17.7 Å². The summed E-state index contributed by atoms with van der Waals surface area (Å²) in [6, 6.07) is 11.7. The molecule has 0 N–H and O–H groups in total. The highest BCUT2D eigenvalue weighted by atomic mass is 32.1. The van der Waals surface area contributed by atoms with Crippen LogP contribution in [-0.2, 0) is 19.3 Å². The Morgan fingerprint density at radius 1 is 1.08 bits per heavy atom. The second-order valence-corrected chi connectivity index (χ2v) is 6.47. The molecule has 0 aliphatic heterocycles. The van der Waals surface area contributed by atoms with E-state index in [1.165, 1.54) is 28.4 Å². The smallest absolute Gasteiger partial charge is 0.328 e. The maximum absolute atomic E-state index is 13.0. The lowest BCUT2D eigenvalue weighted by Crippen LogP contribution is -2.30. The number of carbonyl (C=O) groups is 1. The number of hydrogen-bond donors (Lipinski definition) is 0. The first-order valence-electron chi connectivity index (χ1n) is 7.81. The highest BCUT2D eigenvalue weighted by molar-refractivity contribution is 7.07. The third-order valence-corrected chi connectivity index (χ3v) is 4.49. The molecule has 0 atom stereocenters. The van der Waals surface area contributed by atoms with Crippen molar-refractivity contribution < 1.29 is 18.0 Å². The Morgan fingerprint density at radius 2 is 1.92 bits per heavy atom. The standard InChI is InChI=1S/C19H15F3N2OS/c20-19(21,22)16-5-3-4-15(10-16)18(25)24(11-14-7-9-26-13-14)12-17-6-1-2-8-23-17/h1-10,13H,11-12H2. The normalized spacial score (nSPS) is 11.3. The SMILES string of the molecule is O=C(c1cccc(C(F)(F)F)c1)N(Cc1ccsc1)Cc1ccccn1. The van der Waals surface area contributed by atoms with Crippen molar-refractivity contribution in [2.75, 3.05) is 0 Å². The van der Waals surface area contributed by atoms with Crippen molar-refractivity contribution in [3.63, 3.8) is 0 Å². The van der Waals surface area contributed by atoms with Gasteiger partial charge in [0.2, 0.25) is 0 Å². The summed E-state index contributed by atoms with van der Waals surface area (Å²) in [4.78, 5) is 18.6. The van der Waals surface area contributed by atoms with E-state index in [2.05, 4.69) is 4.98 Å². The fourth-order valence-corrected chi connectivity index (χ4v) is 3.16. The van der Waals surface area contributed by atoms with Crippen LogP contribution in [0.2, 0.25) is 0 Å². The van der Waals surface area contributed by atoms with Crippen LogP contribution in [0.3, 0.4) is 0 Å². The first-order valence-corrected chi connectivity index (χ1v) is 8.75. The first-order chi connectivity index (χ1) is 12.4. The Balaban J connectivity index is 1.89. The van der Waals surface area contributed by atoms with Crippen LogP contribution in [-0.4, -0.2) is 15.8 Å². The Kier molecular flexibility index (Phi) is 5.37. The molecule has 0 fully saturated rings. The van der Waals surface area contributed by atoms with Gasteiger partial charge in [-0.05, 0) is 52.7 Å². The maximum Gasteiger partial charge on any atom is 0.416 e. The molecule has 0 aliphatic rings. The third kappa shape index (κ3) is 4.49. The van der Waals surface area contributed by atoms with Gasteiger partial charge in [0, 0.05) is 18.3 Å². The van der Waals surface area contributed by atoms with Crippen LogP contribution >= 0.6 is 11.3 Å². The van der Waals surface area contributed by atoms with Crippen molar-refractivity contribution in [3.8, 4) is 0 Å². The van der Waals surface area contributed by atoms with E-state index >= 15 is 0 Å². The van der Waals surface area contributed by atoms with E-state index in [0.29, 0.717) is 12.2 Å². The molecule has 0 spiro atoms. The summed E-state index contributed by atoms with van der Waals surface area (Å²) in [7, 11) is 0. The van der Waals surface area contributed by atoms with Crippen LogP contribution in [0.4, 0.5) is 13.2 Å². The topological polar surface area (TPSA) is 33.2 Å². The van der Waals surface area contributed by atoms with E-state index in [4.69, 9.17) is 0 Å². The van der Waals surface area contributed by atoms with Crippen molar-refractivity contribution in [3.05, 3.63) is 87.9 Å². The summed E-state index contributed by atoms with van der Waals surface area (Å²) in [5, 5.41) is 3.80. The number of rotatable bonds is 5. The van der Waals surface area contributed by atoms with Gasteiger partial charge in [-0.25, -0.2) is 0 Å². The quantitative estimate of drug-likeness (QED) is 0.628. The van der Waals surface area contributed by atoms with Crippen LogP contribution in [0.1, 0.15) is 27.2 Å². The fraction of sp³-hybridized carbons (Fsp3) is 0.158. The molecule has 1 amide bonds. The van der Waals surface area contributed by atoms with Crippen molar-refractivity contribution in [2.45, 2.75) is 19.3 Å². The molecule has 3 rings (SSSR count). The van der Waals surface area contributed by atoms with Gasteiger partial charge in [0.25, 0.3) is 5.91 Å². The average molecular weight is 376 g/mol. The molecule has 134 valence electrons. The average Bonchev–Trinajstić information content (AvgIpc) is 3.14. The summed E-state index contributed by atoms with van der Waals surface area (Å²) in [6.07, 6.45) is -2.87. The lowest BCUT2D eigenvalue weighted by atomic mass is 10.1. The van der Waals surface area contributed by atoms with Crippen molar-refractivity contribution in [1.29, 1.82) is 0 Å². The molecule has 0 saturated carbocycles. The molecule has 0 unspecified atom stereocenters. The van der Waals surface area contributed by atoms with Gasteiger partial charge in [0.05, 0.1) is 17.8 Å². The van der Waals surface area contributed by atoms with Crippen LogP contribution in [0.5, 0.6) is 0 Å². The number of nitrogens with zero attached hydrogens (tertiary/aromatic N) is 2. The highest BCUT2D eigenvalue weighted by Gasteiger charge is 2.31. The molecular weight excluding hydrogens is 361 g/mol. The van der Waals surface area contributed by atoms with Gasteiger partial charge in [-0.2, -0.15) is 24.5 Å². The van der Waals surface area contributed by atoms with Crippen molar-refractivity contribution >= 4 is 17.2 Å². The zero-order valence-corrected chi connectivity index (χ0v) is 14.4. The van der Waals surface area contributed by atoms with Crippen molar-refractivity contribution in [1.82, 2.24) is 9.88 Å². The van der Waals surface area contributed by atoms with Crippen LogP contribution in [0.15, 0.2) is 65.5 Å². The number of hydrogen-bond acceptors (Lipinski definition) is 3. The molecule has 0 bridgehead atoms. The minimum absolute atomic E-state index is 0.00554. The number of amides is 1. The van der Waals surface area contributed by atoms with Gasteiger partial charge in [-0.15, -0.1) is 0 Å². The molecule has 2 heterocycles. The summed E-state index contributed by atoms with van der Waals surface area (Å²) >= 11 is 1.50. The number of pyridine rings is 1. The monoisotopic (exact) mass is 376 g/mol.